The molecular weight excluding hydrogens is 320 g/mol. The molecule has 2 rings (SSSR count). The number of hydrogen-bond donors (Lipinski definition) is 1. The van der Waals surface area contributed by atoms with Gasteiger partial charge in [-0.15, -0.1) is 12.4 Å². The van der Waals surface area contributed by atoms with Gasteiger partial charge in [0.25, 0.3) is 0 Å². The summed E-state index contributed by atoms with van der Waals surface area (Å²) in [7, 11) is 0. The van der Waals surface area contributed by atoms with Gasteiger partial charge < -0.3 is 5.32 Å². The molecule has 1 aliphatic heterocycles. The van der Waals surface area contributed by atoms with E-state index in [2.05, 4.69) is 10.2 Å². The van der Waals surface area contributed by atoms with E-state index in [-0.39, 0.29) is 18.4 Å². The van der Waals surface area contributed by atoms with Gasteiger partial charge in [0.1, 0.15) is 5.82 Å². The fourth-order valence-electron chi connectivity index (χ4n) is 2.80. The van der Waals surface area contributed by atoms with Crippen LogP contribution < -0.4 is 5.32 Å². The summed E-state index contributed by atoms with van der Waals surface area (Å²) in [5.41, 5.74) is -0.486. The van der Waals surface area contributed by atoms with Gasteiger partial charge in [0, 0.05) is 32.2 Å². The standard InChI is InChI=1S/C15H20F4N2.ClH/c1-2-3-14(21-6-4-20-5-7-21)11-8-12(15(17,18)19)10-13(16)9-11;/h8-10,14,20H,2-7H2,1H3;1H/t14-;/m1./s1. The largest absolute Gasteiger partial charge is 0.416 e. The lowest BCUT2D eigenvalue weighted by atomic mass is 9.97. The van der Waals surface area contributed by atoms with Crippen molar-refractivity contribution in [2.45, 2.75) is 32.0 Å². The van der Waals surface area contributed by atoms with Crippen molar-refractivity contribution >= 4 is 12.4 Å². The zero-order valence-corrected chi connectivity index (χ0v) is 13.2. The second kappa shape index (κ2) is 8.13. The van der Waals surface area contributed by atoms with E-state index in [1.807, 2.05) is 6.92 Å². The number of nitrogens with zero attached hydrogens (tertiary/aromatic N) is 1. The number of alkyl halides is 3. The van der Waals surface area contributed by atoms with Crippen molar-refractivity contribution in [3.05, 3.63) is 35.1 Å². The van der Waals surface area contributed by atoms with Gasteiger partial charge in [0.05, 0.1) is 5.56 Å². The van der Waals surface area contributed by atoms with Crippen molar-refractivity contribution < 1.29 is 17.6 Å². The molecule has 22 heavy (non-hydrogen) atoms. The summed E-state index contributed by atoms with van der Waals surface area (Å²) in [6, 6.07) is 2.72. The lowest BCUT2D eigenvalue weighted by Gasteiger charge is -2.35. The van der Waals surface area contributed by atoms with Gasteiger partial charge >= 0.3 is 6.18 Å². The van der Waals surface area contributed by atoms with Gasteiger partial charge in [0.15, 0.2) is 0 Å². The van der Waals surface area contributed by atoms with E-state index in [1.165, 1.54) is 6.07 Å². The Kier molecular flexibility index (Phi) is 7.09. The van der Waals surface area contributed by atoms with Crippen molar-refractivity contribution in [3.63, 3.8) is 0 Å². The molecule has 1 fully saturated rings. The molecule has 0 saturated carbocycles. The highest BCUT2D eigenvalue weighted by molar-refractivity contribution is 5.85. The molecule has 0 aliphatic carbocycles. The molecule has 0 amide bonds. The third-order valence-corrected chi connectivity index (χ3v) is 3.79. The SMILES string of the molecule is CCC[C@H](c1cc(F)cc(C(F)(F)F)c1)N1CCNCC1.Cl. The lowest BCUT2D eigenvalue weighted by Crippen LogP contribution is -2.45. The first kappa shape index (κ1) is 19.2. The number of rotatable bonds is 4. The van der Waals surface area contributed by atoms with Crippen LogP contribution in [0, 0.1) is 5.82 Å². The van der Waals surface area contributed by atoms with E-state index in [1.54, 1.807) is 0 Å². The van der Waals surface area contributed by atoms with E-state index in [0.29, 0.717) is 11.6 Å². The molecular formula is C15H21ClF4N2. The fraction of sp³-hybridized carbons (Fsp3) is 0.600. The molecule has 1 N–H and O–H groups in total. The highest BCUT2D eigenvalue weighted by atomic mass is 35.5. The minimum Gasteiger partial charge on any atom is -0.314 e. The van der Waals surface area contributed by atoms with Crippen LogP contribution >= 0.6 is 12.4 Å². The molecule has 0 unspecified atom stereocenters. The van der Waals surface area contributed by atoms with Gasteiger partial charge in [-0.3, -0.25) is 4.90 Å². The number of benzene rings is 1. The van der Waals surface area contributed by atoms with Crippen LogP contribution in [0.25, 0.3) is 0 Å². The zero-order valence-electron chi connectivity index (χ0n) is 12.4. The number of nitrogens with one attached hydrogen (secondary N) is 1. The third kappa shape index (κ3) is 4.83. The monoisotopic (exact) mass is 340 g/mol. The Balaban J connectivity index is 0.00000242. The Morgan fingerprint density at radius 1 is 1.18 bits per heavy atom. The van der Waals surface area contributed by atoms with Crippen LogP contribution in [0.1, 0.15) is 36.9 Å². The smallest absolute Gasteiger partial charge is 0.314 e. The average molecular weight is 341 g/mol. The maximum Gasteiger partial charge on any atom is 0.416 e. The van der Waals surface area contributed by atoms with Crippen LogP contribution in [-0.4, -0.2) is 31.1 Å². The topological polar surface area (TPSA) is 15.3 Å². The first-order valence-corrected chi connectivity index (χ1v) is 7.24. The van der Waals surface area contributed by atoms with E-state index >= 15 is 0 Å². The average Bonchev–Trinajstić information content (AvgIpc) is 2.44. The van der Waals surface area contributed by atoms with Crippen LogP contribution in [0.2, 0.25) is 0 Å². The Labute approximate surface area is 134 Å². The maximum atomic E-state index is 13.6. The van der Waals surface area contributed by atoms with Crippen LogP contribution in [-0.2, 0) is 6.18 Å². The van der Waals surface area contributed by atoms with Crippen LogP contribution in [0.15, 0.2) is 18.2 Å². The van der Waals surface area contributed by atoms with Crippen LogP contribution in [0.4, 0.5) is 17.6 Å². The summed E-state index contributed by atoms with van der Waals surface area (Å²) in [4.78, 5) is 2.13. The van der Waals surface area contributed by atoms with Crippen molar-refractivity contribution in [1.82, 2.24) is 10.2 Å². The number of piperazine rings is 1. The third-order valence-electron chi connectivity index (χ3n) is 3.79. The fourth-order valence-corrected chi connectivity index (χ4v) is 2.80. The molecule has 1 heterocycles. The molecule has 0 radical (unpaired) electrons. The molecule has 0 aromatic heterocycles. The minimum atomic E-state index is -4.52. The summed E-state index contributed by atoms with van der Waals surface area (Å²) in [5.74, 6) is -0.823. The van der Waals surface area contributed by atoms with Gasteiger partial charge in [-0.25, -0.2) is 4.39 Å². The summed E-state index contributed by atoms with van der Waals surface area (Å²) < 4.78 is 52.1. The molecule has 0 bridgehead atoms. The predicted octanol–water partition coefficient (Wildman–Crippen LogP) is 4.01. The van der Waals surface area contributed by atoms with Gasteiger partial charge in [0.2, 0.25) is 0 Å². The van der Waals surface area contributed by atoms with Gasteiger partial charge in [-0.1, -0.05) is 13.3 Å². The van der Waals surface area contributed by atoms with Crippen LogP contribution in [0.5, 0.6) is 0 Å². The quantitative estimate of drug-likeness (QED) is 0.833. The molecule has 1 saturated heterocycles. The molecule has 126 valence electrons. The van der Waals surface area contributed by atoms with Gasteiger partial charge in [-0.2, -0.15) is 13.2 Å². The summed E-state index contributed by atoms with van der Waals surface area (Å²) in [6.07, 6.45) is -2.95. The molecule has 7 heteroatoms. The first-order chi connectivity index (χ1) is 9.91. The van der Waals surface area contributed by atoms with Crippen LogP contribution in [0.3, 0.4) is 0 Å². The highest BCUT2D eigenvalue weighted by Crippen LogP contribution is 2.34. The highest BCUT2D eigenvalue weighted by Gasteiger charge is 2.32. The summed E-state index contributed by atoms with van der Waals surface area (Å²) in [6.45, 7) is 5.13. The van der Waals surface area contributed by atoms with E-state index in [9.17, 15) is 17.6 Å². The normalized spacial score (nSPS) is 17.9. The molecule has 1 aliphatic rings. The second-order valence-corrected chi connectivity index (χ2v) is 5.36. The predicted molar refractivity (Wildman–Crippen MR) is 80.7 cm³/mol. The second-order valence-electron chi connectivity index (χ2n) is 5.36. The first-order valence-electron chi connectivity index (χ1n) is 7.24. The molecule has 0 spiro atoms. The van der Waals surface area contributed by atoms with E-state index in [4.69, 9.17) is 0 Å². The maximum absolute atomic E-state index is 13.6. The summed E-state index contributed by atoms with van der Waals surface area (Å²) >= 11 is 0. The summed E-state index contributed by atoms with van der Waals surface area (Å²) in [5, 5.41) is 3.21. The Bertz CT molecular complexity index is 473. The Hall–Kier alpha value is -0.850. The van der Waals surface area contributed by atoms with Crippen molar-refractivity contribution in [2.75, 3.05) is 26.2 Å². The van der Waals surface area contributed by atoms with Crippen molar-refractivity contribution in [1.29, 1.82) is 0 Å². The van der Waals surface area contributed by atoms with Gasteiger partial charge in [-0.05, 0) is 30.2 Å². The number of halogens is 5. The molecule has 1 aromatic carbocycles. The molecule has 1 aromatic rings. The Morgan fingerprint density at radius 3 is 2.36 bits per heavy atom. The van der Waals surface area contributed by atoms with Crippen molar-refractivity contribution in [3.8, 4) is 0 Å². The van der Waals surface area contributed by atoms with E-state index in [0.717, 1.165) is 45.1 Å². The number of hydrogen-bond acceptors (Lipinski definition) is 2. The Morgan fingerprint density at radius 2 is 1.82 bits per heavy atom. The van der Waals surface area contributed by atoms with Crippen molar-refractivity contribution in [2.24, 2.45) is 0 Å². The molecule has 2 nitrogen and oxygen atoms in total. The zero-order chi connectivity index (χ0) is 15.5. The molecule has 1 atom stereocenters. The van der Waals surface area contributed by atoms with E-state index < -0.39 is 17.6 Å². The minimum absolute atomic E-state index is 0. The lowest BCUT2D eigenvalue weighted by molar-refractivity contribution is -0.137.